The first kappa shape index (κ1) is 20.8. The first-order chi connectivity index (χ1) is 15.0. The van der Waals surface area contributed by atoms with Gasteiger partial charge in [-0.3, -0.25) is 9.59 Å². The lowest BCUT2D eigenvalue weighted by atomic mass is 10.2. The largest absolute Gasteiger partial charge is 0.339 e. The van der Waals surface area contributed by atoms with Crippen LogP contribution >= 0.6 is 11.8 Å². The Kier molecular flexibility index (Phi) is 6.09. The molecule has 2 amide bonds. The maximum atomic E-state index is 13.1. The summed E-state index contributed by atoms with van der Waals surface area (Å²) in [6.45, 7) is 0.610. The van der Waals surface area contributed by atoms with E-state index in [9.17, 15) is 9.59 Å². The van der Waals surface area contributed by atoms with Crippen LogP contribution in [0.2, 0.25) is 0 Å². The van der Waals surface area contributed by atoms with Crippen LogP contribution in [0.4, 0.5) is 10.5 Å². The molecule has 0 radical (unpaired) electrons. The zero-order chi connectivity index (χ0) is 21.8. The third-order valence-electron chi connectivity index (χ3n) is 4.91. The fourth-order valence-corrected chi connectivity index (χ4v) is 3.98. The van der Waals surface area contributed by atoms with Crippen molar-refractivity contribution in [2.75, 3.05) is 19.4 Å². The molecule has 0 atom stereocenters. The average Bonchev–Trinajstić information content (AvgIpc) is 3.14. The average molecular weight is 430 g/mol. The smallest absolute Gasteiger partial charge is 0.285 e. The lowest BCUT2D eigenvalue weighted by Crippen LogP contribution is -2.17. The van der Waals surface area contributed by atoms with Crippen LogP contribution in [0.25, 0.3) is 10.9 Å². The summed E-state index contributed by atoms with van der Waals surface area (Å²) in [5, 5.41) is 3.97. The van der Waals surface area contributed by atoms with Crippen molar-refractivity contribution < 1.29 is 9.59 Å². The standard InChI is InChI=1S/C25H23N3O2S/c1-27(2)25(30)31-21-14-12-20(13-15-21)26-24(29)23-16-19-10-6-7-11-22(19)28(23)17-18-8-4-3-5-9-18/h3-16H,17H2,1-2H3,(H,26,29). The number of benzene rings is 3. The molecule has 0 saturated heterocycles. The second kappa shape index (κ2) is 9.10. The number of carbonyl (C=O) groups is 2. The van der Waals surface area contributed by atoms with Crippen molar-refractivity contribution in [3.8, 4) is 0 Å². The molecule has 0 aliphatic rings. The number of para-hydroxylation sites is 1. The van der Waals surface area contributed by atoms with Crippen molar-refractivity contribution in [2.45, 2.75) is 11.4 Å². The highest BCUT2D eigenvalue weighted by Crippen LogP contribution is 2.25. The minimum Gasteiger partial charge on any atom is -0.339 e. The Balaban J connectivity index is 1.58. The number of nitrogens with zero attached hydrogens (tertiary/aromatic N) is 2. The Morgan fingerprint density at radius 3 is 2.29 bits per heavy atom. The molecule has 1 aromatic heterocycles. The van der Waals surface area contributed by atoms with Crippen LogP contribution in [-0.4, -0.2) is 34.7 Å². The van der Waals surface area contributed by atoms with E-state index in [1.54, 1.807) is 14.1 Å². The third-order valence-corrected chi connectivity index (χ3v) is 5.96. The van der Waals surface area contributed by atoms with E-state index in [0.29, 0.717) is 17.9 Å². The molecule has 0 spiro atoms. The fourth-order valence-electron chi connectivity index (χ4n) is 3.33. The van der Waals surface area contributed by atoms with Crippen molar-refractivity contribution in [3.05, 3.63) is 96.2 Å². The van der Waals surface area contributed by atoms with Gasteiger partial charge in [0.1, 0.15) is 5.69 Å². The fraction of sp³-hybridized carbons (Fsp3) is 0.120. The molecule has 1 heterocycles. The molecule has 5 nitrogen and oxygen atoms in total. The normalized spacial score (nSPS) is 10.8. The molecular weight excluding hydrogens is 406 g/mol. The molecule has 0 aliphatic carbocycles. The Labute approximate surface area is 185 Å². The number of anilines is 1. The molecule has 3 aromatic carbocycles. The van der Waals surface area contributed by atoms with E-state index in [0.717, 1.165) is 33.1 Å². The van der Waals surface area contributed by atoms with Crippen molar-refractivity contribution in [3.63, 3.8) is 0 Å². The van der Waals surface area contributed by atoms with Crippen LogP contribution in [-0.2, 0) is 6.54 Å². The number of hydrogen-bond acceptors (Lipinski definition) is 3. The number of rotatable bonds is 5. The molecule has 1 N–H and O–H groups in total. The minimum absolute atomic E-state index is 0.0396. The SMILES string of the molecule is CN(C)C(=O)Sc1ccc(NC(=O)c2cc3ccccc3n2Cc2ccccc2)cc1. The van der Waals surface area contributed by atoms with E-state index in [4.69, 9.17) is 0 Å². The van der Waals surface area contributed by atoms with Gasteiger partial charge in [0.2, 0.25) is 0 Å². The molecular formula is C25H23N3O2S. The van der Waals surface area contributed by atoms with Gasteiger partial charge in [0.25, 0.3) is 11.1 Å². The molecule has 0 fully saturated rings. The summed E-state index contributed by atoms with van der Waals surface area (Å²) < 4.78 is 2.04. The Morgan fingerprint density at radius 1 is 0.903 bits per heavy atom. The van der Waals surface area contributed by atoms with Gasteiger partial charge in [0.05, 0.1) is 0 Å². The number of thioether (sulfide) groups is 1. The molecule has 31 heavy (non-hydrogen) atoms. The monoisotopic (exact) mass is 429 g/mol. The highest BCUT2D eigenvalue weighted by molar-refractivity contribution is 8.13. The first-order valence-electron chi connectivity index (χ1n) is 9.94. The Morgan fingerprint density at radius 2 is 1.58 bits per heavy atom. The number of amides is 2. The topological polar surface area (TPSA) is 54.3 Å². The maximum absolute atomic E-state index is 13.1. The van der Waals surface area contributed by atoms with Gasteiger partial charge in [-0.15, -0.1) is 0 Å². The van der Waals surface area contributed by atoms with Crippen LogP contribution in [0.1, 0.15) is 16.1 Å². The van der Waals surface area contributed by atoms with Crippen LogP contribution in [0, 0.1) is 0 Å². The van der Waals surface area contributed by atoms with Gasteiger partial charge in [0, 0.05) is 42.1 Å². The van der Waals surface area contributed by atoms with Gasteiger partial charge in [-0.2, -0.15) is 0 Å². The lowest BCUT2D eigenvalue weighted by molar-refractivity contribution is 0.101. The number of nitrogens with one attached hydrogen (secondary N) is 1. The predicted molar refractivity (Wildman–Crippen MR) is 127 cm³/mol. The van der Waals surface area contributed by atoms with E-state index in [2.05, 4.69) is 17.4 Å². The zero-order valence-electron chi connectivity index (χ0n) is 17.4. The van der Waals surface area contributed by atoms with Crippen molar-refractivity contribution in [1.29, 1.82) is 0 Å². The summed E-state index contributed by atoms with van der Waals surface area (Å²) in [7, 11) is 3.44. The third kappa shape index (κ3) is 4.81. The van der Waals surface area contributed by atoms with Crippen molar-refractivity contribution in [1.82, 2.24) is 9.47 Å². The van der Waals surface area contributed by atoms with Gasteiger partial charge in [-0.05, 0) is 53.7 Å². The molecule has 0 aliphatic heterocycles. The van der Waals surface area contributed by atoms with E-state index in [-0.39, 0.29) is 11.1 Å². The first-order valence-corrected chi connectivity index (χ1v) is 10.8. The molecule has 4 rings (SSSR count). The van der Waals surface area contributed by atoms with Gasteiger partial charge in [-0.25, -0.2) is 0 Å². The van der Waals surface area contributed by atoms with Gasteiger partial charge in [0.15, 0.2) is 0 Å². The summed E-state index contributed by atoms with van der Waals surface area (Å²) in [5.41, 5.74) is 3.43. The van der Waals surface area contributed by atoms with Crippen LogP contribution in [0.3, 0.4) is 0 Å². The molecule has 0 unspecified atom stereocenters. The summed E-state index contributed by atoms with van der Waals surface area (Å²) >= 11 is 1.15. The van der Waals surface area contributed by atoms with Gasteiger partial charge >= 0.3 is 0 Å². The molecule has 0 bridgehead atoms. The maximum Gasteiger partial charge on any atom is 0.285 e. The van der Waals surface area contributed by atoms with Crippen LogP contribution in [0.5, 0.6) is 0 Å². The van der Waals surface area contributed by atoms with Gasteiger partial charge < -0.3 is 14.8 Å². The van der Waals surface area contributed by atoms with Crippen LogP contribution in [0.15, 0.2) is 89.8 Å². The second-order valence-corrected chi connectivity index (χ2v) is 8.43. The molecule has 156 valence electrons. The molecule has 4 aromatic rings. The summed E-state index contributed by atoms with van der Waals surface area (Å²) in [5.74, 6) is -0.170. The van der Waals surface area contributed by atoms with E-state index >= 15 is 0 Å². The summed E-state index contributed by atoms with van der Waals surface area (Å²) in [4.78, 5) is 27.4. The van der Waals surface area contributed by atoms with Crippen molar-refractivity contribution >= 4 is 39.5 Å². The highest BCUT2D eigenvalue weighted by atomic mass is 32.2. The Hall–Kier alpha value is -3.51. The Bertz CT molecular complexity index is 1210. The van der Waals surface area contributed by atoms with Gasteiger partial charge in [-0.1, -0.05) is 48.5 Å². The number of fused-ring (bicyclic) bond motifs is 1. The number of hydrogen-bond donors (Lipinski definition) is 1. The zero-order valence-corrected chi connectivity index (χ0v) is 18.2. The molecule has 6 heteroatoms. The van der Waals surface area contributed by atoms with Crippen LogP contribution < -0.4 is 5.32 Å². The lowest BCUT2D eigenvalue weighted by Gasteiger charge is -2.12. The van der Waals surface area contributed by atoms with Crippen molar-refractivity contribution in [2.24, 2.45) is 0 Å². The summed E-state index contributed by atoms with van der Waals surface area (Å²) in [6, 6.07) is 27.3. The highest BCUT2D eigenvalue weighted by Gasteiger charge is 2.16. The second-order valence-electron chi connectivity index (χ2n) is 7.40. The predicted octanol–water partition coefficient (Wildman–Crippen LogP) is 5.72. The summed E-state index contributed by atoms with van der Waals surface area (Å²) in [6.07, 6.45) is 0. The molecule has 0 saturated carbocycles. The van der Waals surface area contributed by atoms with E-state index in [1.807, 2.05) is 77.4 Å². The quantitative estimate of drug-likeness (QED) is 0.413. The van der Waals surface area contributed by atoms with E-state index in [1.165, 1.54) is 4.90 Å². The number of aromatic nitrogens is 1. The van der Waals surface area contributed by atoms with E-state index < -0.39 is 0 Å². The number of carbonyl (C=O) groups excluding carboxylic acids is 2. The minimum atomic E-state index is -0.170.